The van der Waals surface area contributed by atoms with Crippen molar-refractivity contribution in [2.75, 3.05) is 6.61 Å². The summed E-state index contributed by atoms with van der Waals surface area (Å²) in [4.78, 5) is 3.99. The Kier molecular flexibility index (Phi) is 6.50. The number of rotatable bonds is 5. The predicted molar refractivity (Wildman–Crippen MR) is 89.3 cm³/mol. The second-order valence-corrected chi connectivity index (χ2v) is 5.82. The van der Waals surface area contributed by atoms with E-state index in [4.69, 9.17) is 4.74 Å². The van der Waals surface area contributed by atoms with Gasteiger partial charge < -0.3 is 9.30 Å². The quantitative estimate of drug-likeness (QED) is 0.773. The number of benzene rings is 1. The van der Waals surface area contributed by atoms with Crippen LogP contribution in [0.4, 0.5) is 0 Å². The fourth-order valence-corrected chi connectivity index (χ4v) is 1.85. The van der Waals surface area contributed by atoms with Crippen molar-refractivity contribution in [3.63, 3.8) is 0 Å². The Morgan fingerprint density at radius 3 is 2.43 bits per heavy atom. The first-order valence-electron chi connectivity index (χ1n) is 6.90. The van der Waals surface area contributed by atoms with Crippen LogP contribution >= 0.6 is 12.4 Å². The van der Waals surface area contributed by atoms with Crippen molar-refractivity contribution in [1.82, 2.24) is 9.55 Å². The minimum atomic E-state index is 0. The molecule has 0 spiro atoms. The molecule has 0 radical (unpaired) electrons. The maximum absolute atomic E-state index is 5.68. The van der Waals surface area contributed by atoms with E-state index in [9.17, 15) is 0 Å². The normalized spacial score (nSPS) is 11.4. The Bertz CT molecular complexity index is 539. The Labute approximate surface area is 133 Å². The van der Waals surface area contributed by atoms with Gasteiger partial charge in [0.1, 0.15) is 12.4 Å². The highest BCUT2D eigenvalue weighted by molar-refractivity contribution is 5.85. The summed E-state index contributed by atoms with van der Waals surface area (Å²) in [6, 6.07) is 8.32. The van der Waals surface area contributed by atoms with Crippen LogP contribution in [0.1, 0.15) is 26.3 Å². The van der Waals surface area contributed by atoms with E-state index in [-0.39, 0.29) is 17.8 Å². The SMILES string of the molecule is CC(C)(C)c1ccc(OC/C=C/Cn2ccnc2)cc1.Cl. The van der Waals surface area contributed by atoms with E-state index in [0.717, 1.165) is 12.3 Å². The molecular weight excluding hydrogens is 284 g/mol. The summed E-state index contributed by atoms with van der Waals surface area (Å²) >= 11 is 0. The van der Waals surface area contributed by atoms with Gasteiger partial charge in [0, 0.05) is 18.9 Å². The van der Waals surface area contributed by atoms with Gasteiger partial charge in [0.25, 0.3) is 0 Å². The van der Waals surface area contributed by atoms with Gasteiger partial charge in [-0.05, 0) is 29.2 Å². The Morgan fingerprint density at radius 2 is 1.86 bits per heavy atom. The van der Waals surface area contributed by atoms with Crippen molar-refractivity contribution in [1.29, 1.82) is 0 Å². The average molecular weight is 307 g/mol. The molecule has 0 amide bonds. The minimum absolute atomic E-state index is 0. The van der Waals surface area contributed by atoms with Crippen LogP contribution in [0.2, 0.25) is 0 Å². The van der Waals surface area contributed by atoms with Crippen molar-refractivity contribution in [2.45, 2.75) is 32.7 Å². The van der Waals surface area contributed by atoms with Gasteiger partial charge in [0.15, 0.2) is 0 Å². The molecular formula is C17H23ClN2O. The van der Waals surface area contributed by atoms with Gasteiger partial charge in [-0.1, -0.05) is 39.0 Å². The van der Waals surface area contributed by atoms with Gasteiger partial charge >= 0.3 is 0 Å². The highest BCUT2D eigenvalue weighted by Gasteiger charge is 2.12. The van der Waals surface area contributed by atoms with Crippen LogP contribution in [-0.4, -0.2) is 16.2 Å². The van der Waals surface area contributed by atoms with E-state index < -0.39 is 0 Å². The fraction of sp³-hybridized carbons (Fsp3) is 0.353. The van der Waals surface area contributed by atoms with Crippen molar-refractivity contribution in [3.05, 3.63) is 60.7 Å². The van der Waals surface area contributed by atoms with Crippen LogP contribution in [0.25, 0.3) is 0 Å². The topological polar surface area (TPSA) is 27.1 Å². The lowest BCUT2D eigenvalue weighted by Gasteiger charge is -2.19. The van der Waals surface area contributed by atoms with E-state index in [0.29, 0.717) is 6.61 Å². The number of aromatic nitrogens is 2. The molecule has 0 saturated carbocycles. The summed E-state index contributed by atoms with van der Waals surface area (Å²) in [5.74, 6) is 0.908. The predicted octanol–water partition coefficient (Wildman–Crippen LogP) is 4.24. The van der Waals surface area contributed by atoms with Crippen LogP contribution in [0.15, 0.2) is 55.1 Å². The van der Waals surface area contributed by atoms with E-state index in [1.165, 1.54) is 5.56 Å². The van der Waals surface area contributed by atoms with Crippen molar-refractivity contribution < 1.29 is 4.74 Å². The van der Waals surface area contributed by atoms with Gasteiger partial charge in [-0.2, -0.15) is 0 Å². The number of allylic oxidation sites excluding steroid dienone is 1. The van der Waals surface area contributed by atoms with Gasteiger partial charge in [-0.25, -0.2) is 4.98 Å². The number of imidazole rings is 1. The summed E-state index contributed by atoms with van der Waals surface area (Å²) in [5, 5.41) is 0. The van der Waals surface area contributed by atoms with Crippen LogP contribution in [0.5, 0.6) is 5.75 Å². The monoisotopic (exact) mass is 306 g/mol. The zero-order chi connectivity index (χ0) is 14.4. The highest BCUT2D eigenvalue weighted by Crippen LogP contribution is 2.24. The van der Waals surface area contributed by atoms with E-state index in [1.807, 2.05) is 29.0 Å². The van der Waals surface area contributed by atoms with E-state index >= 15 is 0 Å². The van der Waals surface area contributed by atoms with Crippen molar-refractivity contribution in [2.24, 2.45) is 0 Å². The molecule has 0 fully saturated rings. The zero-order valence-corrected chi connectivity index (χ0v) is 13.6. The maximum Gasteiger partial charge on any atom is 0.119 e. The molecule has 0 N–H and O–H groups in total. The standard InChI is InChI=1S/C17H22N2O.ClH/c1-17(2,3)15-6-8-16(9-7-15)20-13-5-4-11-19-12-10-18-14-19;/h4-10,12,14H,11,13H2,1-3H3;1H/b5-4+;. The molecule has 1 heterocycles. The van der Waals surface area contributed by atoms with Gasteiger partial charge in [-0.3, -0.25) is 0 Å². The number of hydrogen-bond donors (Lipinski definition) is 0. The molecule has 0 bridgehead atoms. The Morgan fingerprint density at radius 1 is 1.14 bits per heavy atom. The largest absolute Gasteiger partial charge is 0.490 e. The third-order valence-corrected chi connectivity index (χ3v) is 3.11. The molecule has 1 aromatic heterocycles. The summed E-state index contributed by atoms with van der Waals surface area (Å²) in [5.41, 5.74) is 1.50. The molecule has 114 valence electrons. The molecule has 2 aromatic rings. The second-order valence-electron chi connectivity index (χ2n) is 5.82. The molecule has 0 atom stereocenters. The van der Waals surface area contributed by atoms with Crippen molar-refractivity contribution >= 4 is 12.4 Å². The summed E-state index contributed by atoms with van der Waals surface area (Å²) in [6.45, 7) is 8.04. The molecule has 0 aliphatic heterocycles. The fourth-order valence-electron chi connectivity index (χ4n) is 1.85. The average Bonchev–Trinajstić information content (AvgIpc) is 2.91. The highest BCUT2D eigenvalue weighted by atomic mass is 35.5. The van der Waals surface area contributed by atoms with E-state index in [1.54, 1.807) is 12.5 Å². The van der Waals surface area contributed by atoms with Crippen LogP contribution in [0, 0.1) is 0 Å². The van der Waals surface area contributed by atoms with Gasteiger partial charge in [0.05, 0.1) is 6.33 Å². The zero-order valence-electron chi connectivity index (χ0n) is 12.8. The second kappa shape index (κ2) is 7.89. The molecule has 1 aromatic carbocycles. The smallest absolute Gasteiger partial charge is 0.119 e. The third-order valence-electron chi connectivity index (χ3n) is 3.11. The molecule has 0 aliphatic carbocycles. The summed E-state index contributed by atoms with van der Waals surface area (Å²) in [7, 11) is 0. The number of nitrogens with zero attached hydrogens (tertiary/aromatic N) is 2. The van der Waals surface area contributed by atoms with Crippen LogP contribution in [-0.2, 0) is 12.0 Å². The Balaban J connectivity index is 0.00000220. The molecule has 2 rings (SSSR count). The van der Waals surface area contributed by atoms with Crippen LogP contribution < -0.4 is 4.74 Å². The molecule has 21 heavy (non-hydrogen) atoms. The molecule has 0 aliphatic rings. The molecule has 0 saturated heterocycles. The maximum atomic E-state index is 5.68. The first-order chi connectivity index (χ1) is 9.55. The summed E-state index contributed by atoms with van der Waals surface area (Å²) < 4.78 is 7.69. The van der Waals surface area contributed by atoms with Gasteiger partial charge in [-0.15, -0.1) is 12.4 Å². The summed E-state index contributed by atoms with van der Waals surface area (Å²) in [6.07, 6.45) is 9.62. The lowest BCUT2D eigenvalue weighted by atomic mass is 9.87. The Hall–Kier alpha value is -1.74. The molecule has 4 heteroatoms. The molecule has 3 nitrogen and oxygen atoms in total. The van der Waals surface area contributed by atoms with Crippen molar-refractivity contribution in [3.8, 4) is 5.75 Å². The number of ether oxygens (including phenoxy) is 1. The van der Waals surface area contributed by atoms with Crippen LogP contribution in [0.3, 0.4) is 0 Å². The minimum Gasteiger partial charge on any atom is -0.490 e. The molecule has 0 unspecified atom stereocenters. The van der Waals surface area contributed by atoms with E-state index in [2.05, 4.69) is 44.0 Å². The third kappa shape index (κ3) is 5.64. The first-order valence-corrected chi connectivity index (χ1v) is 6.90. The number of hydrogen-bond acceptors (Lipinski definition) is 2. The lowest BCUT2D eigenvalue weighted by Crippen LogP contribution is -2.10. The number of halogens is 1. The lowest BCUT2D eigenvalue weighted by molar-refractivity contribution is 0.362. The first kappa shape index (κ1) is 17.3. The van der Waals surface area contributed by atoms with Gasteiger partial charge in [0.2, 0.25) is 0 Å².